The summed E-state index contributed by atoms with van der Waals surface area (Å²) in [6.07, 6.45) is -0.246. The van der Waals surface area contributed by atoms with E-state index >= 15 is 0 Å². The van der Waals surface area contributed by atoms with Crippen molar-refractivity contribution in [2.45, 2.75) is 31.8 Å². The first-order valence-electron chi connectivity index (χ1n) is 4.35. The Balaban J connectivity index is 3.99. The number of carbonyl (C=O) groups is 3. The second kappa shape index (κ2) is 5.97. The van der Waals surface area contributed by atoms with Gasteiger partial charge in [0.1, 0.15) is 6.04 Å². The molecule has 1 unspecified atom stereocenters. The number of carbonyl (C=O) groups excluding carboxylic acids is 1. The predicted octanol–water partition coefficient (Wildman–Crippen LogP) is -1.23. The smallest absolute Gasteiger partial charge is 0.325 e. The molecule has 2 atom stereocenters. The van der Waals surface area contributed by atoms with Crippen LogP contribution in [0.5, 0.6) is 0 Å². The second-order valence-corrected chi connectivity index (χ2v) is 3.11. The highest BCUT2D eigenvalue weighted by Crippen LogP contribution is 1.95. The Morgan fingerprint density at radius 2 is 1.87 bits per heavy atom. The van der Waals surface area contributed by atoms with Crippen LogP contribution in [0.2, 0.25) is 0 Å². The minimum atomic E-state index is -1.17. The molecule has 7 heteroatoms. The maximum atomic E-state index is 11.2. The van der Waals surface area contributed by atoms with Crippen LogP contribution in [0.3, 0.4) is 0 Å². The maximum absolute atomic E-state index is 11.2. The fourth-order valence-electron chi connectivity index (χ4n) is 0.792. The number of rotatable bonds is 6. The Hall–Kier alpha value is -1.63. The summed E-state index contributed by atoms with van der Waals surface area (Å²) in [7, 11) is 0. The summed E-state index contributed by atoms with van der Waals surface area (Å²) in [5.74, 6) is -2.88. The van der Waals surface area contributed by atoms with Gasteiger partial charge in [-0.15, -0.1) is 0 Å². The SMILES string of the molecule is C[C@@H](NC(=O)C(N)CCC(=O)O)C(=O)O. The quantitative estimate of drug-likeness (QED) is 0.441. The van der Waals surface area contributed by atoms with Gasteiger partial charge >= 0.3 is 11.9 Å². The highest BCUT2D eigenvalue weighted by Gasteiger charge is 2.19. The van der Waals surface area contributed by atoms with Crippen LogP contribution in [0.15, 0.2) is 0 Å². The van der Waals surface area contributed by atoms with Crippen LogP contribution < -0.4 is 11.1 Å². The van der Waals surface area contributed by atoms with E-state index < -0.39 is 29.9 Å². The third-order valence-electron chi connectivity index (χ3n) is 1.74. The first-order valence-corrected chi connectivity index (χ1v) is 4.35. The van der Waals surface area contributed by atoms with Crippen molar-refractivity contribution in [1.29, 1.82) is 0 Å². The van der Waals surface area contributed by atoms with Gasteiger partial charge in [0, 0.05) is 6.42 Å². The van der Waals surface area contributed by atoms with Crippen molar-refractivity contribution in [3.63, 3.8) is 0 Å². The highest BCUT2D eigenvalue weighted by molar-refractivity contribution is 5.86. The van der Waals surface area contributed by atoms with Crippen molar-refractivity contribution < 1.29 is 24.6 Å². The Morgan fingerprint density at radius 3 is 2.27 bits per heavy atom. The topological polar surface area (TPSA) is 130 Å². The number of aliphatic carboxylic acids is 2. The summed E-state index contributed by atoms with van der Waals surface area (Å²) in [5.41, 5.74) is 5.35. The molecule has 1 amide bonds. The lowest BCUT2D eigenvalue weighted by Gasteiger charge is -2.13. The first-order chi connectivity index (χ1) is 6.84. The molecule has 0 bridgehead atoms. The van der Waals surface area contributed by atoms with Gasteiger partial charge in [-0.25, -0.2) is 0 Å². The molecule has 0 saturated carbocycles. The Labute approximate surface area is 86.3 Å². The number of hydrogen-bond donors (Lipinski definition) is 4. The summed E-state index contributed by atoms with van der Waals surface area (Å²) >= 11 is 0. The van der Waals surface area contributed by atoms with E-state index in [4.69, 9.17) is 15.9 Å². The molecule has 5 N–H and O–H groups in total. The molecule has 0 aliphatic rings. The highest BCUT2D eigenvalue weighted by atomic mass is 16.4. The minimum Gasteiger partial charge on any atom is -0.481 e. The third kappa shape index (κ3) is 5.63. The zero-order valence-corrected chi connectivity index (χ0v) is 8.27. The molecule has 0 aromatic rings. The van der Waals surface area contributed by atoms with Crippen LogP contribution in [0.25, 0.3) is 0 Å². The molecule has 15 heavy (non-hydrogen) atoms. The first kappa shape index (κ1) is 13.4. The molecule has 0 rings (SSSR count). The summed E-state index contributed by atoms with van der Waals surface area (Å²) < 4.78 is 0. The summed E-state index contributed by atoms with van der Waals surface area (Å²) in [4.78, 5) is 31.7. The molecule has 0 aliphatic heterocycles. The molecule has 0 fully saturated rings. The Kier molecular flexibility index (Phi) is 5.32. The molecule has 7 nitrogen and oxygen atoms in total. The van der Waals surface area contributed by atoms with Gasteiger partial charge in [0.15, 0.2) is 0 Å². The summed E-state index contributed by atoms with van der Waals surface area (Å²) in [6.45, 7) is 1.30. The number of amides is 1. The number of nitrogens with two attached hydrogens (primary N) is 1. The van der Waals surface area contributed by atoms with E-state index in [-0.39, 0.29) is 12.8 Å². The Morgan fingerprint density at radius 1 is 1.33 bits per heavy atom. The average molecular weight is 218 g/mol. The van der Waals surface area contributed by atoms with Gasteiger partial charge in [-0.3, -0.25) is 14.4 Å². The van der Waals surface area contributed by atoms with E-state index in [0.717, 1.165) is 0 Å². The zero-order chi connectivity index (χ0) is 12.0. The molecule has 0 aromatic carbocycles. The van der Waals surface area contributed by atoms with Crippen LogP contribution in [-0.4, -0.2) is 40.1 Å². The monoisotopic (exact) mass is 218 g/mol. The van der Waals surface area contributed by atoms with Crippen LogP contribution in [0.1, 0.15) is 19.8 Å². The standard InChI is InChI=1S/C8H14N2O5/c1-4(8(14)15)10-7(13)5(9)2-3-6(11)12/h4-5H,2-3,9H2,1H3,(H,10,13)(H,11,12)(H,14,15)/t4-,5?/m1/s1. The average Bonchev–Trinajstić information content (AvgIpc) is 2.13. The van der Waals surface area contributed by atoms with Gasteiger partial charge in [0.2, 0.25) is 5.91 Å². The molecule has 0 saturated heterocycles. The van der Waals surface area contributed by atoms with Gasteiger partial charge in [-0.2, -0.15) is 0 Å². The normalized spacial score (nSPS) is 14.0. The fraction of sp³-hybridized carbons (Fsp3) is 0.625. The van der Waals surface area contributed by atoms with Gasteiger partial charge in [0.05, 0.1) is 6.04 Å². The van der Waals surface area contributed by atoms with Crippen LogP contribution >= 0.6 is 0 Å². The van der Waals surface area contributed by atoms with Crippen molar-refractivity contribution in [2.75, 3.05) is 0 Å². The van der Waals surface area contributed by atoms with Gasteiger partial charge in [-0.1, -0.05) is 0 Å². The Bertz CT molecular complexity index is 266. The van der Waals surface area contributed by atoms with Crippen molar-refractivity contribution in [2.24, 2.45) is 5.73 Å². The van der Waals surface area contributed by atoms with Gasteiger partial charge in [-0.05, 0) is 13.3 Å². The minimum absolute atomic E-state index is 0.0203. The third-order valence-corrected chi connectivity index (χ3v) is 1.74. The molecule has 0 heterocycles. The van der Waals surface area contributed by atoms with Gasteiger partial charge < -0.3 is 21.3 Å². The summed E-state index contributed by atoms with van der Waals surface area (Å²) in [6, 6.07) is -2.03. The molecule has 0 aromatic heterocycles. The number of hydrogen-bond acceptors (Lipinski definition) is 4. The van der Waals surface area contributed by atoms with Crippen molar-refractivity contribution in [1.82, 2.24) is 5.32 Å². The lowest BCUT2D eigenvalue weighted by atomic mass is 10.1. The zero-order valence-electron chi connectivity index (χ0n) is 8.27. The van der Waals surface area contributed by atoms with Crippen LogP contribution in [0.4, 0.5) is 0 Å². The fourth-order valence-corrected chi connectivity index (χ4v) is 0.792. The van der Waals surface area contributed by atoms with E-state index in [1.807, 2.05) is 0 Å². The lowest BCUT2D eigenvalue weighted by molar-refractivity contribution is -0.142. The van der Waals surface area contributed by atoms with E-state index in [1.54, 1.807) is 0 Å². The molecule has 0 spiro atoms. The lowest BCUT2D eigenvalue weighted by Crippen LogP contribution is -2.47. The van der Waals surface area contributed by atoms with E-state index in [2.05, 4.69) is 5.32 Å². The van der Waals surface area contributed by atoms with Crippen molar-refractivity contribution in [3.8, 4) is 0 Å². The molecular weight excluding hydrogens is 204 g/mol. The predicted molar refractivity (Wildman–Crippen MR) is 50.1 cm³/mol. The number of nitrogens with one attached hydrogen (secondary N) is 1. The molecule has 0 aliphatic carbocycles. The maximum Gasteiger partial charge on any atom is 0.325 e. The molecular formula is C8H14N2O5. The van der Waals surface area contributed by atoms with Crippen molar-refractivity contribution >= 4 is 17.8 Å². The number of carboxylic acids is 2. The van der Waals surface area contributed by atoms with Crippen LogP contribution in [0, 0.1) is 0 Å². The molecule has 86 valence electrons. The summed E-state index contributed by atoms with van der Waals surface area (Å²) in [5, 5.41) is 19.0. The van der Waals surface area contributed by atoms with Crippen LogP contribution in [-0.2, 0) is 14.4 Å². The number of carboxylic acid groups (broad SMARTS) is 2. The van der Waals surface area contributed by atoms with E-state index in [1.165, 1.54) is 6.92 Å². The molecule has 0 radical (unpaired) electrons. The van der Waals surface area contributed by atoms with E-state index in [0.29, 0.717) is 0 Å². The van der Waals surface area contributed by atoms with E-state index in [9.17, 15) is 14.4 Å². The largest absolute Gasteiger partial charge is 0.481 e. The second-order valence-electron chi connectivity index (χ2n) is 3.11. The van der Waals surface area contributed by atoms with Crippen molar-refractivity contribution in [3.05, 3.63) is 0 Å². The van der Waals surface area contributed by atoms with Gasteiger partial charge in [0.25, 0.3) is 0 Å².